The predicted octanol–water partition coefficient (Wildman–Crippen LogP) is 3.32. The molecule has 4 rings (SSSR count). The van der Waals surface area contributed by atoms with E-state index in [0.717, 1.165) is 5.69 Å². The molecule has 1 amide bonds. The summed E-state index contributed by atoms with van der Waals surface area (Å²) in [7, 11) is 0. The van der Waals surface area contributed by atoms with Gasteiger partial charge in [0.15, 0.2) is 0 Å². The van der Waals surface area contributed by atoms with E-state index in [1.54, 1.807) is 17.0 Å². The number of carbonyl (C=O) groups is 1. The number of nitrogens with one attached hydrogen (secondary N) is 1. The van der Waals surface area contributed by atoms with E-state index in [4.69, 9.17) is 0 Å². The number of anilines is 3. The van der Waals surface area contributed by atoms with E-state index >= 15 is 0 Å². The van der Waals surface area contributed by atoms with E-state index in [1.165, 1.54) is 18.5 Å². The molecule has 3 aromatic rings. The van der Waals surface area contributed by atoms with Gasteiger partial charge in [-0.3, -0.25) is 4.79 Å². The Kier molecular flexibility index (Phi) is 5.14. The fourth-order valence-electron chi connectivity index (χ4n) is 3.19. The number of benzene rings is 2. The molecule has 0 atom stereocenters. The lowest BCUT2D eigenvalue weighted by molar-refractivity contribution is 0.0746. The van der Waals surface area contributed by atoms with Crippen LogP contribution in [0.15, 0.2) is 67.0 Å². The van der Waals surface area contributed by atoms with Crippen LogP contribution in [-0.4, -0.2) is 47.0 Å². The maximum Gasteiger partial charge on any atom is 0.257 e. The van der Waals surface area contributed by atoms with Crippen molar-refractivity contribution in [1.82, 2.24) is 14.9 Å². The predicted molar refractivity (Wildman–Crippen MR) is 106 cm³/mol. The van der Waals surface area contributed by atoms with E-state index in [-0.39, 0.29) is 11.7 Å². The van der Waals surface area contributed by atoms with Gasteiger partial charge in [0.05, 0.1) is 11.3 Å². The van der Waals surface area contributed by atoms with Gasteiger partial charge in [-0.1, -0.05) is 30.3 Å². The van der Waals surface area contributed by atoms with Crippen LogP contribution in [0, 0.1) is 5.82 Å². The third-order valence-corrected chi connectivity index (χ3v) is 4.69. The average Bonchev–Trinajstić information content (AvgIpc) is 2.75. The monoisotopic (exact) mass is 377 g/mol. The van der Waals surface area contributed by atoms with Crippen LogP contribution < -0.4 is 10.2 Å². The molecule has 1 aliphatic heterocycles. The minimum Gasteiger partial charge on any atom is -0.366 e. The molecule has 1 aliphatic rings. The molecule has 1 aromatic heterocycles. The van der Waals surface area contributed by atoms with Gasteiger partial charge in [0.2, 0.25) is 5.95 Å². The second-order valence-electron chi connectivity index (χ2n) is 6.52. The number of rotatable bonds is 4. The second kappa shape index (κ2) is 8.04. The topological polar surface area (TPSA) is 61.4 Å². The molecular weight excluding hydrogens is 357 g/mol. The van der Waals surface area contributed by atoms with Crippen molar-refractivity contribution in [3.05, 3.63) is 78.4 Å². The number of hydrogen-bond acceptors (Lipinski definition) is 5. The maximum atomic E-state index is 13.9. The van der Waals surface area contributed by atoms with Crippen LogP contribution in [0.25, 0.3) is 0 Å². The first-order valence-corrected chi connectivity index (χ1v) is 9.13. The Morgan fingerprint density at radius 2 is 1.54 bits per heavy atom. The van der Waals surface area contributed by atoms with Crippen LogP contribution in [0.2, 0.25) is 0 Å². The van der Waals surface area contributed by atoms with Crippen molar-refractivity contribution < 1.29 is 9.18 Å². The third-order valence-electron chi connectivity index (χ3n) is 4.69. The first-order chi connectivity index (χ1) is 13.7. The SMILES string of the molecule is O=C(c1cnc(Nc2ccccc2)nc1)N1CCN(c2ccccc2F)CC1. The van der Waals surface area contributed by atoms with E-state index in [1.807, 2.05) is 41.3 Å². The van der Waals surface area contributed by atoms with Gasteiger partial charge >= 0.3 is 0 Å². The van der Waals surface area contributed by atoms with Crippen molar-refractivity contribution in [2.24, 2.45) is 0 Å². The molecule has 142 valence electrons. The highest BCUT2D eigenvalue weighted by Crippen LogP contribution is 2.21. The molecule has 6 nitrogen and oxygen atoms in total. The minimum atomic E-state index is -0.239. The van der Waals surface area contributed by atoms with Crippen molar-refractivity contribution in [1.29, 1.82) is 0 Å². The zero-order valence-corrected chi connectivity index (χ0v) is 15.3. The molecule has 2 aromatic carbocycles. The average molecular weight is 377 g/mol. The Balaban J connectivity index is 1.37. The second-order valence-corrected chi connectivity index (χ2v) is 6.52. The molecule has 2 heterocycles. The van der Waals surface area contributed by atoms with Crippen LogP contribution in [-0.2, 0) is 0 Å². The summed E-state index contributed by atoms with van der Waals surface area (Å²) in [6.45, 7) is 2.22. The Bertz CT molecular complexity index is 941. The standard InChI is InChI=1S/C21H20FN5O/c22-18-8-4-5-9-19(18)26-10-12-27(13-11-26)20(28)16-14-23-21(24-15-16)25-17-6-2-1-3-7-17/h1-9,14-15H,10-13H2,(H,23,24,25). The quantitative estimate of drug-likeness (QED) is 0.756. The molecule has 0 unspecified atom stereocenters. The van der Waals surface area contributed by atoms with Gasteiger partial charge in [-0.2, -0.15) is 0 Å². The lowest BCUT2D eigenvalue weighted by atomic mass is 10.2. The molecule has 0 radical (unpaired) electrons. The van der Waals surface area contributed by atoms with Crippen molar-refractivity contribution in [2.45, 2.75) is 0 Å². The fourth-order valence-corrected chi connectivity index (χ4v) is 3.19. The molecule has 1 saturated heterocycles. The highest BCUT2D eigenvalue weighted by Gasteiger charge is 2.24. The van der Waals surface area contributed by atoms with E-state index in [2.05, 4.69) is 15.3 Å². The number of carbonyl (C=O) groups excluding carboxylic acids is 1. The van der Waals surface area contributed by atoms with Crippen LogP contribution in [0.3, 0.4) is 0 Å². The molecule has 28 heavy (non-hydrogen) atoms. The third kappa shape index (κ3) is 3.93. The van der Waals surface area contributed by atoms with Gasteiger partial charge in [0.1, 0.15) is 5.82 Å². The van der Waals surface area contributed by atoms with Crippen molar-refractivity contribution in [3.8, 4) is 0 Å². The summed E-state index contributed by atoms with van der Waals surface area (Å²) in [5.74, 6) is 0.0868. The van der Waals surface area contributed by atoms with Crippen LogP contribution >= 0.6 is 0 Å². The summed E-state index contributed by atoms with van der Waals surface area (Å²) >= 11 is 0. The van der Waals surface area contributed by atoms with Crippen molar-refractivity contribution in [3.63, 3.8) is 0 Å². The number of aromatic nitrogens is 2. The zero-order chi connectivity index (χ0) is 19.3. The number of piperazine rings is 1. The Hall–Kier alpha value is -3.48. The van der Waals surface area contributed by atoms with Gasteiger partial charge < -0.3 is 15.1 Å². The van der Waals surface area contributed by atoms with Crippen LogP contribution in [0.4, 0.5) is 21.7 Å². The summed E-state index contributed by atoms with van der Waals surface area (Å²) in [6.07, 6.45) is 3.06. The van der Waals surface area contributed by atoms with Gasteiger partial charge in [0, 0.05) is 44.3 Å². The molecule has 0 bridgehead atoms. The van der Waals surface area contributed by atoms with E-state index < -0.39 is 0 Å². The number of amides is 1. The molecule has 1 fully saturated rings. The van der Waals surface area contributed by atoms with Crippen LogP contribution in [0.1, 0.15) is 10.4 Å². The zero-order valence-electron chi connectivity index (χ0n) is 15.3. The number of para-hydroxylation sites is 2. The lowest BCUT2D eigenvalue weighted by Gasteiger charge is -2.36. The van der Waals surface area contributed by atoms with Gasteiger partial charge in [-0.05, 0) is 24.3 Å². The summed E-state index contributed by atoms with van der Waals surface area (Å²) < 4.78 is 13.9. The largest absolute Gasteiger partial charge is 0.366 e. The Labute approximate surface area is 162 Å². The smallest absolute Gasteiger partial charge is 0.257 e. The fraction of sp³-hybridized carbons (Fsp3) is 0.190. The maximum absolute atomic E-state index is 13.9. The van der Waals surface area contributed by atoms with E-state index in [0.29, 0.717) is 43.4 Å². The minimum absolute atomic E-state index is 0.112. The van der Waals surface area contributed by atoms with Gasteiger partial charge in [0.25, 0.3) is 5.91 Å². The summed E-state index contributed by atoms with van der Waals surface area (Å²) in [6, 6.07) is 16.3. The number of hydrogen-bond donors (Lipinski definition) is 1. The highest BCUT2D eigenvalue weighted by molar-refractivity contribution is 5.94. The molecule has 0 aliphatic carbocycles. The summed E-state index contributed by atoms with van der Waals surface area (Å²) in [4.78, 5) is 24.9. The first kappa shape index (κ1) is 17.9. The summed E-state index contributed by atoms with van der Waals surface area (Å²) in [5.41, 5.74) is 1.90. The molecule has 7 heteroatoms. The molecular formula is C21H20FN5O. The normalized spacial score (nSPS) is 14.0. The molecule has 0 saturated carbocycles. The van der Waals surface area contributed by atoms with Gasteiger partial charge in [-0.15, -0.1) is 0 Å². The van der Waals surface area contributed by atoms with Crippen molar-refractivity contribution >= 4 is 23.2 Å². The number of halogens is 1. The molecule has 1 N–H and O–H groups in total. The highest BCUT2D eigenvalue weighted by atomic mass is 19.1. The Morgan fingerprint density at radius 1 is 0.893 bits per heavy atom. The Morgan fingerprint density at radius 3 is 2.21 bits per heavy atom. The lowest BCUT2D eigenvalue weighted by Crippen LogP contribution is -2.49. The van der Waals surface area contributed by atoms with E-state index in [9.17, 15) is 9.18 Å². The van der Waals surface area contributed by atoms with Gasteiger partial charge in [-0.25, -0.2) is 14.4 Å². The summed E-state index contributed by atoms with van der Waals surface area (Å²) in [5, 5.41) is 3.09. The van der Waals surface area contributed by atoms with Crippen molar-refractivity contribution in [2.75, 3.05) is 36.4 Å². The number of nitrogens with zero attached hydrogens (tertiary/aromatic N) is 4. The van der Waals surface area contributed by atoms with Crippen LogP contribution in [0.5, 0.6) is 0 Å². The first-order valence-electron chi connectivity index (χ1n) is 9.13. The molecule has 0 spiro atoms.